The number of rotatable bonds is 7. The van der Waals surface area contributed by atoms with Crippen LogP contribution in [-0.2, 0) is 5.41 Å². The molecule has 3 heteroatoms. The molecule has 0 saturated heterocycles. The van der Waals surface area contributed by atoms with Crippen molar-refractivity contribution >= 4 is 65.6 Å². The lowest BCUT2D eigenvalue weighted by molar-refractivity contribution is 0.793. The second-order valence-corrected chi connectivity index (χ2v) is 17.9. The van der Waals surface area contributed by atoms with E-state index in [4.69, 9.17) is 0 Å². The van der Waals surface area contributed by atoms with Gasteiger partial charge in [-0.05, 0) is 129 Å². The molecular weight excluding hydrogens is 793 g/mol. The SMILES string of the molecule is c1ccc(-c2ccc(N(c3ccccc3)c3cccc4c3-c3ccccc3C43c4ccccc4-c4ccc(N(c5ccccc5)c5ccc6sc7ccccc7c6c5)cc43)cc2)cc1. The molecule has 0 radical (unpaired) electrons. The molecule has 64 heavy (non-hydrogen) atoms. The van der Waals surface area contributed by atoms with Crippen LogP contribution in [0.1, 0.15) is 22.3 Å². The Morgan fingerprint density at radius 3 is 1.58 bits per heavy atom. The van der Waals surface area contributed by atoms with Crippen molar-refractivity contribution in [1.82, 2.24) is 0 Å². The van der Waals surface area contributed by atoms with Gasteiger partial charge in [-0.2, -0.15) is 0 Å². The molecule has 0 saturated carbocycles. The van der Waals surface area contributed by atoms with Crippen LogP contribution in [0.15, 0.2) is 243 Å². The molecule has 1 heterocycles. The fraction of sp³-hybridized carbons (Fsp3) is 0.0164. The van der Waals surface area contributed by atoms with Crippen LogP contribution >= 0.6 is 11.3 Å². The fourth-order valence-corrected chi connectivity index (χ4v) is 11.9. The zero-order valence-electron chi connectivity index (χ0n) is 34.9. The molecule has 0 aliphatic heterocycles. The van der Waals surface area contributed by atoms with Crippen molar-refractivity contribution in [3.05, 3.63) is 265 Å². The smallest absolute Gasteiger partial charge is 0.0727 e. The van der Waals surface area contributed by atoms with Gasteiger partial charge in [-0.15, -0.1) is 11.3 Å². The second kappa shape index (κ2) is 14.6. The fourth-order valence-electron chi connectivity index (χ4n) is 10.8. The van der Waals surface area contributed by atoms with Crippen LogP contribution < -0.4 is 9.80 Å². The number of thiophene rings is 1. The Kier molecular flexibility index (Phi) is 8.34. The van der Waals surface area contributed by atoms with Gasteiger partial charge in [0.25, 0.3) is 0 Å². The second-order valence-electron chi connectivity index (χ2n) is 16.8. The number of anilines is 6. The monoisotopic (exact) mass is 832 g/mol. The highest BCUT2D eigenvalue weighted by Gasteiger charge is 2.52. The van der Waals surface area contributed by atoms with Gasteiger partial charge in [0.2, 0.25) is 0 Å². The summed E-state index contributed by atoms with van der Waals surface area (Å²) in [4.78, 5) is 4.89. The summed E-state index contributed by atoms with van der Waals surface area (Å²) in [6.45, 7) is 0. The first-order chi connectivity index (χ1) is 31.8. The lowest BCUT2D eigenvalue weighted by Crippen LogP contribution is -2.26. The molecule has 1 aromatic heterocycles. The molecule has 0 bridgehead atoms. The van der Waals surface area contributed by atoms with Crippen molar-refractivity contribution in [2.24, 2.45) is 0 Å². The van der Waals surface area contributed by atoms with E-state index < -0.39 is 5.41 Å². The third kappa shape index (κ3) is 5.44. The molecule has 0 fully saturated rings. The van der Waals surface area contributed by atoms with Gasteiger partial charge in [0.15, 0.2) is 0 Å². The summed E-state index contributed by atoms with van der Waals surface area (Å²) in [5, 5.41) is 2.58. The zero-order chi connectivity index (χ0) is 42.2. The van der Waals surface area contributed by atoms with Gasteiger partial charge in [0.1, 0.15) is 0 Å². The first-order valence-electron chi connectivity index (χ1n) is 22.0. The van der Waals surface area contributed by atoms with Crippen LogP contribution in [0.5, 0.6) is 0 Å². The van der Waals surface area contributed by atoms with Crippen molar-refractivity contribution in [3.8, 4) is 33.4 Å². The highest BCUT2D eigenvalue weighted by Crippen LogP contribution is 2.65. The van der Waals surface area contributed by atoms with Gasteiger partial charge in [0, 0.05) is 54.2 Å². The van der Waals surface area contributed by atoms with Crippen molar-refractivity contribution < 1.29 is 0 Å². The summed E-state index contributed by atoms with van der Waals surface area (Å²) in [7, 11) is 0. The maximum Gasteiger partial charge on any atom is 0.0727 e. The Labute approximate surface area is 377 Å². The third-order valence-electron chi connectivity index (χ3n) is 13.5. The Morgan fingerprint density at radius 2 is 0.812 bits per heavy atom. The maximum absolute atomic E-state index is 2.49. The van der Waals surface area contributed by atoms with E-state index in [-0.39, 0.29) is 0 Å². The molecule has 300 valence electrons. The Morgan fingerprint density at radius 1 is 0.297 bits per heavy atom. The largest absolute Gasteiger partial charge is 0.310 e. The van der Waals surface area contributed by atoms with Crippen LogP contribution in [0.4, 0.5) is 34.1 Å². The van der Waals surface area contributed by atoms with Crippen molar-refractivity contribution in [1.29, 1.82) is 0 Å². The number of hydrogen-bond donors (Lipinski definition) is 0. The predicted octanol–water partition coefficient (Wildman–Crippen LogP) is 17.0. The Hall–Kier alpha value is -7.98. The summed E-state index contributed by atoms with van der Waals surface area (Å²) < 4.78 is 2.61. The van der Waals surface area contributed by atoms with Crippen LogP contribution in [0.25, 0.3) is 53.6 Å². The zero-order valence-corrected chi connectivity index (χ0v) is 35.7. The molecular formula is C61H40N2S. The number of para-hydroxylation sites is 2. The minimum Gasteiger partial charge on any atom is -0.310 e. The van der Waals surface area contributed by atoms with Gasteiger partial charge < -0.3 is 9.80 Å². The Balaban J connectivity index is 1.04. The summed E-state index contributed by atoms with van der Waals surface area (Å²) in [5.74, 6) is 0. The molecule has 2 aliphatic carbocycles. The molecule has 11 aromatic rings. The third-order valence-corrected chi connectivity index (χ3v) is 14.6. The number of hydrogen-bond acceptors (Lipinski definition) is 3. The maximum atomic E-state index is 2.49. The van der Waals surface area contributed by atoms with Crippen molar-refractivity contribution in [2.45, 2.75) is 5.41 Å². The highest BCUT2D eigenvalue weighted by atomic mass is 32.1. The van der Waals surface area contributed by atoms with E-state index in [0.717, 1.165) is 34.1 Å². The molecule has 2 nitrogen and oxygen atoms in total. The minimum absolute atomic E-state index is 0.556. The van der Waals surface area contributed by atoms with E-state index in [1.807, 2.05) is 11.3 Å². The average Bonchev–Trinajstić information content (AvgIpc) is 3.99. The van der Waals surface area contributed by atoms with Crippen LogP contribution in [0.2, 0.25) is 0 Å². The number of benzene rings is 10. The number of fused-ring (bicyclic) bond motifs is 13. The van der Waals surface area contributed by atoms with Crippen molar-refractivity contribution in [3.63, 3.8) is 0 Å². The molecule has 1 spiro atoms. The lowest BCUT2D eigenvalue weighted by atomic mass is 9.70. The first-order valence-corrected chi connectivity index (χ1v) is 22.8. The highest BCUT2D eigenvalue weighted by molar-refractivity contribution is 7.25. The Bertz CT molecular complexity index is 3560. The topological polar surface area (TPSA) is 6.48 Å². The van der Waals surface area contributed by atoms with Crippen LogP contribution in [0.3, 0.4) is 0 Å². The van der Waals surface area contributed by atoms with E-state index in [1.54, 1.807) is 0 Å². The molecule has 1 atom stereocenters. The summed E-state index contributed by atoms with van der Waals surface area (Å²) in [5.41, 5.74) is 18.9. The predicted molar refractivity (Wildman–Crippen MR) is 270 cm³/mol. The standard InChI is InChI=1S/C61H40N2S/c1-4-17-41(18-5-1)42-31-33-45(34-32-42)63(44-21-8-3-9-22-44)57-29-16-28-55-60(57)51-25-11-14-27-54(51)61(55)53-26-13-10-23-48(53)49-37-35-47(40-56(49)61)62(43-19-6-2-7-20-43)46-36-38-59-52(39-46)50-24-12-15-30-58(50)64-59/h1-40H. The molecule has 1 unspecified atom stereocenters. The lowest BCUT2D eigenvalue weighted by Gasteiger charge is -2.33. The van der Waals surface area contributed by atoms with Gasteiger partial charge in [-0.25, -0.2) is 0 Å². The molecule has 10 aromatic carbocycles. The quantitative estimate of drug-likeness (QED) is 0.158. The van der Waals surface area contributed by atoms with E-state index in [2.05, 4.69) is 252 Å². The van der Waals surface area contributed by atoms with Crippen LogP contribution in [0, 0.1) is 0 Å². The van der Waals surface area contributed by atoms with E-state index >= 15 is 0 Å². The number of nitrogens with zero attached hydrogens (tertiary/aromatic N) is 2. The molecule has 0 N–H and O–H groups in total. The normalized spacial score (nSPS) is 14.3. The molecule has 13 rings (SSSR count). The van der Waals surface area contributed by atoms with Gasteiger partial charge in [-0.1, -0.05) is 164 Å². The van der Waals surface area contributed by atoms with Gasteiger partial charge >= 0.3 is 0 Å². The van der Waals surface area contributed by atoms with Gasteiger partial charge in [0.05, 0.1) is 11.1 Å². The first kappa shape index (κ1) is 36.7. The van der Waals surface area contributed by atoms with E-state index in [1.165, 1.54) is 75.8 Å². The van der Waals surface area contributed by atoms with E-state index in [0.29, 0.717) is 0 Å². The minimum atomic E-state index is -0.556. The van der Waals surface area contributed by atoms with Gasteiger partial charge in [-0.3, -0.25) is 0 Å². The summed E-state index contributed by atoms with van der Waals surface area (Å²) in [6.07, 6.45) is 0. The molecule has 0 amide bonds. The van der Waals surface area contributed by atoms with E-state index in [9.17, 15) is 0 Å². The summed E-state index contributed by atoms with van der Waals surface area (Å²) in [6, 6.07) is 89.5. The molecule has 2 aliphatic rings. The average molecular weight is 833 g/mol. The van der Waals surface area contributed by atoms with Crippen LogP contribution in [-0.4, -0.2) is 0 Å². The summed E-state index contributed by atoms with van der Waals surface area (Å²) >= 11 is 1.86. The van der Waals surface area contributed by atoms with Crippen molar-refractivity contribution in [2.75, 3.05) is 9.80 Å².